The monoisotopic (exact) mass is 603 g/mol. The fourth-order valence-electron chi connectivity index (χ4n) is 10.9. The first kappa shape index (κ1) is 34.9. The molecule has 0 aromatic carbocycles. The van der Waals surface area contributed by atoms with Crippen molar-refractivity contribution in [3.05, 3.63) is 11.6 Å². The second-order valence-electron chi connectivity index (χ2n) is 17.1. The van der Waals surface area contributed by atoms with Gasteiger partial charge in [0.2, 0.25) is 0 Å². The highest BCUT2D eigenvalue weighted by molar-refractivity contribution is 5.73. The van der Waals surface area contributed by atoms with E-state index in [1.807, 2.05) is 14.2 Å². The highest BCUT2D eigenvalue weighted by Gasteiger charge is 2.69. The minimum absolute atomic E-state index is 0.0208. The molecule has 248 valence electrons. The zero-order valence-corrected chi connectivity index (χ0v) is 29.6. The third kappa shape index (κ3) is 5.26. The van der Waals surface area contributed by atoms with Gasteiger partial charge in [-0.25, -0.2) is 0 Å². The van der Waals surface area contributed by atoms with Crippen LogP contribution in [-0.4, -0.2) is 56.3 Å². The molecule has 43 heavy (non-hydrogen) atoms. The fraction of sp³-hybridized carbons (Fsp3) is 0.919. The number of hydrogen-bond donors (Lipinski definition) is 2. The minimum Gasteiger partial charge on any atom is -0.481 e. The average Bonchev–Trinajstić information content (AvgIpc) is 2.92. The van der Waals surface area contributed by atoms with Crippen LogP contribution in [0.3, 0.4) is 0 Å². The van der Waals surface area contributed by atoms with Crippen LogP contribution < -0.4 is 5.73 Å². The van der Waals surface area contributed by atoms with Gasteiger partial charge < -0.3 is 25.1 Å². The number of nitrogens with two attached hydrogens (primary N) is 1. The molecule has 3 fully saturated rings. The summed E-state index contributed by atoms with van der Waals surface area (Å²) in [4.78, 5) is 13.3. The van der Waals surface area contributed by atoms with Crippen LogP contribution in [-0.2, 0) is 19.0 Å². The minimum atomic E-state index is -0.611. The maximum Gasteiger partial charge on any atom is 0.307 e. The molecule has 4 aliphatic carbocycles. The van der Waals surface area contributed by atoms with Crippen molar-refractivity contribution in [1.82, 2.24) is 0 Å². The Balaban J connectivity index is 1.76. The Kier molecular flexibility index (Phi) is 9.75. The normalized spacial score (nSPS) is 45.0. The van der Waals surface area contributed by atoms with Crippen molar-refractivity contribution in [1.29, 1.82) is 0 Å². The van der Waals surface area contributed by atoms with E-state index in [9.17, 15) is 9.90 Å². The van der Waals surface area contributed by atoms with E-state index in [2.05, 4.69) is 75.3 Å². The Morgan fingerprint density at radius 2 is 1.74 bits per heavy atom. The zero-order chi connectivity index (χ0) is 32.3. The summed E-state index contributed by atoms with van der Waals surface area (Å²) in [6, 6.07) is 0. The van der Waals surface area contributed by atoms with Gasteiger partial charge in [-0.3, -0.25) is 4.79 Å². The van der Waals surface area contributed by atoms with Crippen LogP contribution in [0.15, 0.2) is 11.6 Å². The van der Waals surface area contributed by atoms with Crippen LogP contribution in [0.25, 0.3) is 0 Å². The largest absolute Gasteiger partial charge is 0.481 e. The van der Waals surface area contributed by atoms with Crippen molar-refractivity contribution < 1.29 is 24.1 Å². The number of allylic oxidation sites excluding steroid dienone is 1. The molecule has 0 bridgehead atoms. The molecule has 3 N–H and O–H groups in total. The van der Waals surface area contributed by atoms with E-state index in [1.54, 1.807) is 0 Å². The molecule has 4 rings (SSSR count). The number of rotatable bonds is 10. The smallest absolute Gasteiger partial charge is 0.307 e. The summed E-state index contributed by atoms with van der Waals surface area (Å²) in [6.07, 6.45) is 8.29. The molecule has 0 aromatic rings. The van der Waals surface area contributed by atoms with Gasteiger partial charge in [0.25, 0.3) is 0 Å². The number of carboxylic acid groups (broad SMARTS) is 1. The molecule has 0 unspecified atom stereocenters. The summed E-state index contributed by atoms with van der Waals surface area (Å²) < 4.78 is 19.0. The number of ether oxygens (including phenoxy) is 3. The standard InChI is InChI=1S/C37H65NO5/c1-22(2)25(6)33(7)17-18-34(8)27-14-13-26-24(5)30(43-20-36(10,38)23(3)4)29(42-12)19-37(26,21-41-11)28(27)15-16-35(34,9)31(33)32(39)40/h15,22-27,29-31H,13-14,16-21,38H2,1-12H3,(H,39,40)/t24-,25+,26-,27-,29+,30+,31+,33+,34+,35-,36-,37+/m0/s1. The van der Waals surface area contributed by atoms with Gasteiger partial charge in [-0.1, -0.05) is 74.0 Å². The van der Waals surface area contributed by atoms with E-state index < -0.39 is 11.5 Å². The first-order valence-corrected chi connectivity index (χ1v) is 17.2. The third-order valence-electron chi connectivity index (χ3n) is 14.7. The van der Waals surface area contributed by atoms with Gasteiger partial charge in [0.15, 0.2) is 0 Å². The van der Waals surface area contributed by atoms with Crippen LogP contribution in [0.1, 0.15) is 108 Å². The lowest BCUT2D eigenvalue weighted by Gasteiger charge is -2.69. The van der Waals surface area contributed by atoms with E-state index in [-0.39, 0.29) is 45.7 Å². The molecular weight excluding hydrogens is 538 g/mol. The van der Waals surface area contributed by atoms with Crippen LogP contribution >= 0.6 is 0 Å². The molecule has 12 atom stereocenters. The summed E-state index contributed by atoms with van der Waals surface area (Å²) in [5.74, 6) is 1.13. The molecule has 0 spiro atoms. The molecule has 3 saturated carbocycles. The summed E-state index contributed by atoms with van der Waals surface area (Å²) in [7, 11) is 3.66. The number of hydrogen-bond acceptors (Lipinski definition) is 5. The Morgan fingerprint density at radius 1 is 1.09 bits per heavy atom. The van der Waals surface area contributed by atoms with Gasteiger partial charge >= 0.3 is 5.97 Å². The lowest BCUT2D eigenvalue weighted by atomic mass is 9.35. The van der Waals surface area contributed by atoms with Crippen molar-refractivity contribution in [2.75, 3.05) is 27.4 Å². The molecule has 0 amide bonds. The topological polar surface area (TPSA) is 91.0 Å². The number of methoxy groups -OCH3 is 2. The lowest BCUT2D eigenvalue weighted by molar-refractivity contribution is -0.206. The number of carboxylic acids is 1. The van der Waals surface area contributed by atoms with Gasteiger partial charge in [-0.15, -0.1) is 0 Å². The lowest BCUT2D eigenvalue weighted by Crippen LogP contribution is -2.65. The summed E-state index contributed by atoms with van der Waals surface area (Å²) in [6.45, 7) is 23.8. The van der Waals surface area contributed by atoms with Crippen molar-refractivity contribution in [3.63, 3.8) is 0 Å². The van der Waals surface area contributed by atoms with Gasteiger partial charge in [0.05, 0.1) is 31.3 Å². The van der Waals surface area contributed by atoms with Crippen LogP contribution in [0.2, 0.25) is 0 Å². The first-order chi connectivity index (χ1) is 19.9. The summed E-state index contributed by atoms with van der Waals surface area (Å²) in [5.41, 5.74) is 6.97. The maximum atomic E-state index is 13.3. The van der Waals surface area contributed by atoms with E-state index in [0.717, 1.165) is 38.5 Å². The van der Waals surface area contributed by atoms with Crippen molar-refractivity contribution in [2.24, 2.45) is 68.8 Å². The molecule has 0 radical (unpaired) electrons. The average molecular weight is 604 g/mol. The molecule has 0 heterocycles. The Labute approximate surface area is 263 Å². The second kappa shape index (κ2) is 12.0. The molecule has 0 aliphatic heterocycles. The molecule has 0 aromatic heterocycles. The summed E-state index contributed by atoms with van der Waals surface area (Å²) in [5, 5.41) is 10.9. The van der Waals surface area contributed by atoms with E-state index in [1.165, 1.54) is 5.57 Å². The van der Waals surface area contributed by atoms with Crippen LogP contribution in [0.5, 0.6) is 0 Å². The van der Waals surface area contributed by atoms with Crippen molar-refractivity contribution in [2.45, 2.75) is 126 Å². The van der Waals surface area contributed by atoms with Gasteiger partial charge in [-0.2, -0.15) is 0 Å². The Bertz CT molecular complexity index is 1050. The van der Waals surface area contributed by atoms with Crippen LogP contribution in [0.4, 0.5) is 0 Å². The van der Waals surface area contributed by atoms with E-state index in [4.69, 9.17) is 19.9 Å². The molecule has 4 aliphatic rings. The van der Waals surface area contributed by atoms with Gasteiger partial charge in [0.1, 0.15) is 0 Å². The predicted molar refractivity (Wildman–Crippen MR) is 174 cm³/mol. The Morgan fingerprint density at radius 3 is 2.28 bits per heavy atom. The zero-order valence-electron chi connectivity index (χ0n) is 29.6. The van der Waals surface area contributed by atoms with Crippen molar-refractivity contribution >= 4 is 5.97 Å². The Hall–Kier alpha value is -0.950. The van der Waals surface area contributed by atoms with Crippen LogP contribution in [0, 0.1) is 63.1 Å². The second-order valence-corrected chi connectivity index (χ2v) is 17.1. The molecule has 6 heteroatoms. The van der Waals surface area contributed by atoms with Gasteiger partial charge in [-0.05, 0) is 97.2 Å². The number of fused-ring (bicyclic) bond motifs is 5. The molecule has 6 nitrogen and oxygen atoms in total. The highest BCUT2D eigenvalue weighted by Crippen LogP contribution is 2.73. The first-order valence-electron chi connectivity index (χ1n) is 17.2. The molecule has 0 saturated heterocycles. The molecular formula is C37H65NO5. The predicted octanol–water partition coefficient (Wildman–Crippen LogP) is 7.59. The highest BCUT2D eigenvalue weighted by atomic mass is 16.5. The third-order valence-corrected chi connectivity index (χ3v) is 14.7. The quantitative estimate of drug-likeness (QED) is 0.250. The maximum absolute atomic E-state index is 13.3. The number of carbonyl (C=O) groups is 1. The fourth-order valence-corrected chi connectivity index (χ4v) is 10.9. The van der Waals surface area contributed by atoms with E-state index >= 15 is 0 Å². The van der Waals surface area contributed by atoms with Gasteiger partial charge in [0, 0.05) is 25.2 Å². The van der Waals surface area contributed by atoms with E-state index in [0.29, 0.717) is 42.8 Å². The SMILES string of the molecule is COC[C@]12C[C@@H](OC)[C@H](OC[C@](C)(N)C(C)C)[C@@H](C)[C@@H]1CC[C@H]1C2=CC[C@@]2(C)[C@H](C(=O)O)[C@@](C)([C@H](C)C(C)C)CC[C@]12C. The van der Waals surface area contributed by atoms with Crippen molar-refractivity contribution in [3.8, 4) is 0 Å². The summed E-state index contributed by atoms with van der Waals surface area (Å²) >= 11 is 0. The number of aliphatic carboxylic acids is 1.